The number of rotatable bonds is 6. The molecule has 4 nitrogen and oxygen atoms in total. The van der Waals surface area contributed by atoms with E-state index in [1.165, 1.54) is 23.9 Å². The fraction of sp³-hybridized carbons (Fsp3) is 0.462. The molecule has 2 atom stereocenters. The first-order valence-corrected chi connectivity index (χ1v) is 7.86. The number of hydrogen-bond donors (Lipinski definition) is 3. The number of hydrogen-bond acceptors (Lipinski definition) is 4. The highest BCUT2D eigenvalue weighted by Gasteiger charge is 2.19. The highest BCUT2D eigenvalue weighted by molar-refractivity contribution is 8.01. The van der Waals surface area contributed by atoms with Gasteiger partial charge < -0.3 is 16.2 Å². The second kappa shape index (κ2) is 7.98. The third-order valence-electron chi connectivity index (χ3n) is 2.65. The molecule has 0 saturated heterocycles. The number of halogens is 2. The Kier molecular flexibility index (Phi) is 6.95. The van der Waals surface area contributed by atoms with Crippen molar-refractivity contribution in [2.24, 2.45) is 0 Å². The molecule has 0 aromatic heterocycles. The molecular weight excluding hydrogens is 319 g/mol. The molecule has 0 heterocycles. The van der Waals surface area contributed by atoms with Crippen LogP contribution in [-0.2, 0) is 4.79 Å². The van der Waals surface area contributed by atoms with Crippen molar-refractivity contribution in [3.05, 3.63) is 22.2 Å². The standard InChI is InChI=1S/C13H18Cl2N2O2S/c1-7(3-4-18)20-8(2)13(19)17-12-10(14)5-9(16)6-11(12)15/h5-8,18H,3-4,16H2,1-2H3,(H,17,19). The van der Waals surface area contributed by atoms with E-state index in [2.05, 4.69) is 5.32 Å². The van der Waals surface area contributed by atoms with Crippen LogP contribution in [0, 0.1) is 0 Å². The van der Waals surface area contributed by atoms with E-state index >= 15 is 0 Å². The Bertz CT molecular complexity index is 462. The number of anilines is 2. The van der Waals surface area contributed by atoms with Gasteiger partial charge in [0, 0.05) is 17.5 Å². The molecule has 0 saturated carbocycles. The topological polar surface area (TPSA) is 75.3 Å². The maximum absolute atomic E-state index is 12.1. The van der Waals surface area contributed by atoms with E-state index in [1.807, 2.05) is 6.92 Å². The van der Waals surface area contributed by atoms with Gasteiger partial charge in [-0.3, -0.25) is 4.79 Å². The summed E-state index contributed by atoms with van der Waals surface area (Å²) in [5, 5.41) is 12.1. The zero-order valence-electron chi connectivity index (χ0n) is 11.3. The summed E-state index contributed by atoms with van der Waals surface area (Å²) in [4.78, 5) is 12.1. The van der Waals surface area contributed by atoms with Gasteiger partial charge in [-0.1, -0.05) is 30.1 Å². The van der Waals surface area contributed by atoms with Crippen LogP contribution >= 0.6 is 35.0 Å². The second-order valence-corrected chi connectivity index (χ2v) is 7.05. The summed E-state index contributed by atoms with van der Waals surface area (Å²) in [6.07, 6.45) is 0.645. The van der Waals surface area contributed by atoms with Crippen LogP contribution in [0.2, 0.25) is 10.0 Å². The second-order valence-electron chi connectivity index (χ2n) is 4.45. The molecule has 0 aliphatic rings. The summed E-state index contributed by atoms with van der Waals surface area (Å²) in [6.45, 7) is 3.87. The van der Waals surface area contributed by atoms with Crippen LogP contribution in [0.3, 0.4) is 0 Å². The van der Waals surface area contributed by atoms with Crippen molar-refractivity contribution in [3.63, 3.8) is 0 Å². The summed E-state index contributed by atoms with van der Waals surface area (Å²) in [5.74, 6) is -0.187. The van der Waals surface area contributed by atoms with Gasteiger partial charge in [0.15, 0.2) is 0 Å². The minimum atomic E-state index is -0.277. The Balaban J connectivity index is 2.71. The summed E-state index contributed by atoms with van der Waals surface area (Å²) in [5.41, 5.74) is 6.42. The SMILES string of the molecule is CC(CCO)SC(C)C(=O)Nc1c(Cl)cc(N)cc1Cl. The van der Waals surface area contributed by atoms with Gasteiger partial charge in [0.2, 0.25) is 5.91 Å². The summed E-state index contributed by atoms with van der Waals surface area (Å²) >= 11 is 13.5. The van der Waals surface area contributed by atoms with Crippen LogP contribution in [0.15, 0.2) is 12.1 Å². The van der Waals surface area contributed by atoms with E-state index in [0.29, 0.717) is 27.8 Å². The van der Waals surface area contributed by atoms with E-state index in [9.17, 15) is 4.79 Å². The number of thioether (sulfide) groups is 1. The number of aliphatic hydroxyl groups is 1. The van der Waals surface area contributed by atoms with Gasteiger partial charge in [-0.05, 0) is 25.5 Å². The third-order valence-corrected chi connectivity index (χ3v) is 4.57. The molecule has 1 amide bonds. The summed E-state index contributed by atoms with van der Waals surface area (Å²) < 4.78 is 0. The lowest BCUT2D eigenvalue weighted by atomic mass is 10.2. The quantitative estimate of drug-likeness (QED) is 0.696. The first-order chi connectivity index (χ1) is 9.35. The van der Waals surface area contributed by atoms with Gasteiger partial charge in [0.05, 0.1) is 21.0 Å². The lowest BCUT2D eigenvalue weighted by Crippen LogP contribution is -2.24. The van der Waals surface area contributed by atoms with Crippen molar-refractivity contribution < 1.29 is 9.90 Å². The molecule has 0 spiro atoms. The predicted octanol–water partition coefficient (Wildman–Crippen LogP) is 3.41. The molecule has 1 aromatic rings. The predicted molar refractivity (Wildman–Crippen MR) is 87.7 cm³/mol. The van der Waals surface area contributed by atoms with Crippen molar-refractivity contribution in [1.29, 1.82) is 0 Å². The lowest BCUT2D eigenvalue weighted by Gasteiger charge is -2.17. The number of carbonyl (C=O) groups excluding carboxylic acids is 1. The molecule has 4 N–H and O–H groups in total. The van der Waals surface area contributed by atoms with Crippen LogP contribution in [0.5, 0.6) is 0 Å². The number of benzene rings is 1. The Morgan fingerprint density at radius 3 is 2.45 bits per heavy atom. The molecule has 0 bridgehead atoms. The fourth-order valence-electron chi connectivity index (χ4n) is 1.60. The van der Waals surface area contributed by atoms with Gasteiger partial charge in [0.1, 0.15) is 0 Å². The van der Waals surface area contributed by atoms with Crippen molar-refractivity contribution in [2.45, 2.75) is 30.8 Å². The average molecular weight is 337 g/mol. The number of amides is 1. The van der Waals surface area contributed by atoms with Crippen LogP contribution in [0.4, 0.5) is 11.4 Å². The molecule has 0 aliphatic heterocycles. The number of carbonyl (C=O) groups is 1. The minimum Gasteiger partial charge on any atom is -0.399 e. The summed E-state index contributed by atoms with van der Waals surface area (Å²) in [6, 6.07) is 3.07. The van der Waals surface area contributed by atoms with Crippen molar-refractivity contribution in [2.75, 3.05) is 17.7 Å². The van der Waals surface area contributed by atoms with Gasteiger partial charge >= 0.3 is 0 Å². The van der Waals surface area contributed by atoms with E-state index in [-0.39, 0.29) is 23.0 Å². The molecule has 1 aromatic carbocycles. The number of aliphatic hydroxyl groups excluding tert-OH is 1. The van der Waals surface area contributed by atoms with E-state index < -0.39 is 0 Å². The highest BCUT2D eigenvalue weighted by atomic mass is 35.5. The van der Waals surface area contributed by atoms with E-state index in [1.54, 1.807) is 6.92 Å². The van der Waals surface area contributed by atoms with Crippen LogP contribution in [0.1, 0.15) is 20.3 Å². The Labute approximate surface area is 133 Å². The number of nitrogen functional groups attached to an aromatic ring is 1. The van der Waals surface area contributed by atoms with Gasteiger partial charge in [-0.15, -0.1) is 11.8 Å². The molecule has 7 heteroatoms. The van der Waals surface area contributed by atoms with Crippen molar-refractivity contribution in [1.82, 2.24) is 0 Å². The van der Waals surface area contributed by atoms with Gasteiger partial charge in [-0.2, -0.15) is 0 Å². The molecule has 0 radical (unpaired) electrons. The molecule has 0 fully saturated rings. The molecule has 0 aliphatic carbocycles. The number of nitrogens with one attached hydrogen (secondary N) is 1. The normalized spacial score (nSPS) is 13.8. The van der Waals surface area contributed by atoms with E-state index in [4.69, 9.17) is 34.0 Å². The van der Waals surface area contributed by atoms with Crippen LogP contribution in [-0.4, -0.2) is 28.1 Å². The molecule has 20 heavy (non-hydrogen) atoms. The molecular formula is C13H18Cl2N2O2S. The van der Waals surface area contributed by atoms with Crippen molar-refractivity contribution >= 4 is 52.2 Å². The smallest absolute Gasteiger partial charge is 0.237 e. The maximum atomic E-state index is 12.1. The average Bonchev–Trinajstić information content (AvgIpc) is 2.33. The largest absolute Gasteiger partial charge is 0.399 e. The minimum absolute atomic E-state index is 0.109. The highest BCUT2D eigenvalue weighted by Crippen LogP contribution is 2.33. The van der Waals surface area contributed by atoms with Crippen molar-refractivity contribution in [3.8, 4) is 0 Å². The molecule has 1 rings (SSSR count). The first kappa shape index (κ1) is 17.4. The Hall–Kier alpha value is -0.620. The third kappa shape index (κ3) is 5.05. The molecule has 112 valence electrons. The zero-order chi connectivity index (χ0) is 15.3. The van der Waals surface area contributed by atoms with E-state index in [0.717, 1.165) is 0 Å². The Morgan fingerprint density at radius 1 is 1.40 bits per heavy atom. The fourth-order valence-corrected chi connectivity index (χ4v) is 3.32. The lowest BCUT2D eigenvalue weighted by molar-refractivity contribution is -0.115. The maximum Gasteiger partial charge on any atom is 0.237 e. The first-order valence-electron chi connectivity index (χ1n) is 6.16. The summed E-state index contributed by atoms with van der Waals surface area (Å²) in [7, 11) is 0. The van der Waals surface area contributed by atoms with Gasteiger partial charge in [0.25, 0.3) is 0 Å². The number of nitrogens with two attached hydrogens (primary N) is 1. The zero-order valence-corrected chi connectivity index (χ0v) is 13.6. The molecule has 2 unspecified atom stereocenters. The monoisotopic (exact) mass is 336 g/mol. The van der Waals surface area contributed by atoms with Crippen LogP contribution < -0.4 is 11.1 Å². The van der Waals surface area contributed by atoms with Gasteiger partial charge in [-0.25, -0.2) is 0 Å². The Morgan fingerprint density at radius 2 is 1.95 bits per heavy atom. The van der Waals surface area contributed by atoms with Crippen LogP contribution in [0.25, 0.3) is 0 Å².